The van der Waals surface area contributed by atoms with Crippen molar-refractivity contribution in [2.24, 2.45) is 0 Å². The number of hydrogen-bond acceptors (Lipinski definition) is 2. The molecule has 0 fully saturated rings. The Kier molecular flexibility index (Phi) is 4.17. The van der Waals surface area contributed by atoms with Crippen LogP contribution in [0.2, 0.25) is 0 Å². The SMILES string of the molecule is COc1cc(F)ccc1NC(C)c1cccc(F)c1F. The van der Waals surface area contributed by atoms with Crippen molar-refractivity contribution in [2.45, 2.75) is 13.0 Å². The van der Waals surface area contributed by atoms with Gasteiger partial charge in [-0.3, -0.25) is 0 Å². The van der Waals surface area contributed by atoms with Gasteiger partial charge in [-0.2, -0.15) is 0 Å². The highest BCUT2D eigenvalue weighted by molar-refractivity contribution is 5.57. The molecule has 1 N–H and O–H groups in total. The van der Waals surface area contributed by atoms with Crippen LogP contribution in [0.15, 0.2) is 36.4 Å². The van der Waals surface area contributed by atoms with Crippen LogP contribution in [0.1, 0.15) is 18.5 Å². The summed E-state index contributed by atoms with van der Waals surface area (Å²) in [4.78, 5) is 0. The smallest absolute Gasteiger partial charge is 0.164 e. The fourth-order valence-electron chi connectivity index (χ4n) is 1.95. The molecule has 1 unspecified atom stereocenters. The highest BCUT2D eigenvalue weighted by Gasteiger charge is 2.15. The number of rotatable bonds is 4. The third-order valence-corrected chi connectivity index (χ3v) is 2.98. The van der Waals surface area contributed by atoms with Crippen molar-refractivity contribution in [3.8, 4) is 5.75 Å². The molecule has 20 heavy (non-hydrogen) atoms. The minimum Gasteiger partial charge on any atom is -0.494 e. The van der Waals surface area contributed by atoms with Crippen molar-refractivity contribution in [3.63, 3.8) is 0 Å². The average molecular weight is 281 g/mol. The Morgan fingerprint density at radius 1 is 1.10 bits per heavy atom. The third kappa shape index (κ3) is 2.87. The van der Waals surface area contributed by atoms with Gasteiger partial charge >= 0.3 is 0 Å². The molecule has 106 valence electrons. The molecule has 0 saturated carbocycles. The van der Waals surface area contributed by atoms with Gasteiger partial charge in [0.1, 0.15) is 11.6 Å². The predicted octanol–water partition coefficient (Wildman–Crippen LogP) is 4.29. The van der Waals surface area contributed by atoms with Gasteiger partial charge in [-0.25, -0.2) is 13.2 Å². The molecule has 0 radical (unpaired) electrons. The Labute approximate surface area is 115 Å². The Hall–Kier alpha value is -2.17. The first-order valence-corrected chi connectivity index (χ1v) is 6.07. The molecule has 0 aliphatic rings. The van der Waals surface area contributed by atoms with Crippen molar-refractivity contribution < 1.29 is 17.9 Å². The lowest BCUT2D eigenvalue weighted by atomic mass is 10.1. The summed E-state index contributed by atoms with van der Waals surface area (Å²) >= 11 is 0. The van der Waals surface area contributed by atoms with E-state index < -0.39 is 23.5 Å². The zero-order valence-electron chi connectivity index (χ0n) is 11.1. The number of hydrogen-bond donors (Lipinski definition) is 1. The lowest BCUT2D eigenvalue weighted by Gasteiger charge is -2.18. The number of nitrogens with one attached hydrogen (secondary N) is 1. The van der Waals surface area contributed by atoms with E-state index in [1.165, 1.54) is 37.4 Å². The van der Waals surface area contributed by atoms with Gasteiger partial charge in [0, 0.05) is 11.6 Å². The van der Waals surface area contributed by atoms with E-state index in [2.05, 4.69) is 5.32 Å². The maximum atomic E-state index is 13.7. The maximum Gasteiger partial charge on any atom is 0.164 e. The second kappa shape index (κ2) is 5.86. The molecule has 0 amide bonds. The van der Waals surface area contributed by atoms with E-state index in [1.54, 1.807) is 6.92 Å². The highest BCUT2D eigenvalue weighted by atomic mass is 19.2. The van der Waals surface area contributed by atoms with Crippen molar-refractivity contribution in [3.05, 3.63) is 59.4 Å². The summed E-state index contributed by atoms with van der Waals surface area (Å²) in [7, 11) is 1.41. The summed E-state index contributed by atoms with van der Waals surface area (Å²) in [5, 5.41) is 2.97. The van der Waals surface area contributed by atoms with Gasteiger partial charge in [0.25, 0.3) is 0 Å². The minimum absolute atomic E-state index is 0.191. The molecule has 2 aromatic rings. The molecule has 0 saturated heterocycles. The largest absolute Gasteiger partial charge is 0.494 e. The number of ether oxygens (including phenoxy) is 1. The first kappa shape index (κ1) is 14.2. The van der Waals surface area contributed by atoms with Crippen LogP contribution in [-0.4, -0.2) is 7.11 Å². The van der Waals surface area contributed by atoms with Crippen LogP contribution in [0.3, 0.4) is 0 Å². The number of halogens is 3. The second-order valence-electron chi connectivity index (χ2n) is 4.35. The van der Waals surface area contributed by atoms with Gasteiger partial charge in [0.2, 0.25) is 0 Å². The molecule has 0 heterocycles. The molecule has 0 bridgehead atoms. The summed E-state index contributed by atoms with van der Waals surface area (Å²) in [6.07, 6.45) is 0. The van der Waals surface area contributed by atoms with Crippen LogP contribution >= 0.6 is 0 Å². The first-order chi connectivity index (χ1) is 9.52. The second-order valence-corrected chi connectivity index (χ2v) is 4.35. The van der Waals surface area contributed by atoms with E-state index in [9.17, 15) is 13.2 Å². The zero-order valence-corrected chi connectivity index (χ0v) is 11.1. The van der Waals surface area contributed by atoms with Gasteiger partial charge < -0.3 is 10.1 Å². The van der Waals surface area contributed by atoms with Crippen LogP contribution < -0.4 is 10.1 Å². The molecule has 0 spiro atoms. The van der Waals surface area contributed by atoms with Crippen LogP contribution in [0, 0.1) is 17.5 Å². The van der Waals surface area contributed by atoms with Crippen LogP contribution in [0.4, 0.5) is 18.9 Å². The summed E-state index contributed by atoms with van der Waals surface area (Å²) in [6.45, 7) is 1.68. The number of methoxy groups -OCH3 is 1. The molecular weight excluding hydrogens is 267 g/mol. The lowest BCUT2D eigenvalue weighted by Crippen LogP contribution is -2.10. The van der Waals surface area contributed by atoms with Gasteiger partial charge in [-0.05, 0) is 25.1 Å². The third-order valence-electron chi connectivity index (χ3n) is 2.98. The van der Waals surface area contributed by atoms with Crippen molar-refractivity contribution >= 4 is 5.69 Å². The molecule has 1 atom stereocenters. The van der Waals surface area contributed by atoms with E-state index in [0.29, 0.717) is 11.4 Å². The molecule has 2 rings (SSSR count). The highest BCUT2D eigenvalue weighted by Crippen LogP contribution is 2.30. The van der Waals surface area contributed by atoms with Gasteiger partial charge in [0.05, 0.1) is 18.8 Å². The maximum absolute atomic E-state index is 13.7. The summed E-state index contributed by atoms with van der Waals surface area (Å²) in [5.41, 5.74) is 0.696. The summed E-state index contributed by atoms with van der Waals surface area (Å²) < 4.78 is 45.0. The van der Waals surface area contributed by atoms with E-state index >= 15 is 0 Å². The molecule has 0 aliphatic heterocycles. The van der Waals surface area contributed by atoms with Gasteiger partial charge in [0.15, 0.2) is 11.6 Å². The number of benzene rings is 2. The van der Waals surface area contributed by atoms with E-state index in [4.69, 9.17) is 4.74 Å². The zero-order chi connectivity index (χ0) is 14.7. The van der Waals surface area contributed by atoms with E-state index in [-0.39, 0.29) is 5.56 Å². The standard InChI is InChI=1S/C15H14F3NO/c1-9(11-4-3-5-12(17)15(11)18)19-13-7-6-10(16)8-14(13)20-2/h3-9,19H,1-2H3. The van der Waals surface area contributed by atoms with Crippen molar-refractivity contribution in [1.29, 1.82) is 0 Å². The molecule has 2 aromatic carbocycles. The average Bonchev–Trinajstić information content (AvgIpc) is 2.43. The summed E-state index contributed by atoms with van der Waals surface area (Å²) in [5.74, 6) is -1.93. The normalized spacial score (nSPS) is 12.1. The quantitative estimate of drug-likeness (QED) is 0.902. The monoisotopic (exact) mass is 281 g/mol. The van der Waals surface area contributed by atoms with Crippen molar-refractivity contribution in [2.75, 3.05) is 12.4 Å². The molecule has 2 nitrogen and oxygen atoms in total. The van der Waals surface area contributed by atoms with Gasteiger partial charge in [-0.1, -0.05) is 12.1 Å². The summed E-state index contributed by atoms with van der Waals surface area (Å²) in [6, 6.07) is 7.47. The lowest BCUT2D eigenvalue weighted by molar-refractivity contribution is 0.412. The fourth-order valence-corrected chi connectivity index (χ4v) is 1.95. The Morgan fingerprint density at radius 3 is 2.55 bits per heavy atom. The molecule has 0 aliphatic carbocycles. The Bertz CT molecular complexity index is 616. The topological polar surface area (TPSA) is 21.3 Å². The molecule has 5 heteroatoms. The first-order valence-electron chi connectivity index (χ1n) is 6.07. The molecular formula is C15H14F3NO. The van der Waals surface area contributed by atoms with Crippen LogP contribution in [0.5, 0.6) is 5.75 Å². The van der Waals surface area contributed by atoms with Crippen LogP contribution in [-0.2, 0) is 0 Å². The predicted molar refractivity (Wildman–Crippen MR) is 71.3 cm³/mol. The Morgan fingerprint density at radius 2 is 1.85 bits per heavy atom. The van der Waals surface area contributed by atoms with Gasteiger partial charge in [-0.15, -0.1) is 0 Å². The van der Waals surface area contributed by atoms with Crippen LogP contribution in [0.25, 0.3) is 0 Å². The molecule has 0 aromatic heterocycles. The Balaban J connectivity index is 2.28. The van der Waals surface area contributed by atoms with E-state index in [0.717, 1.165) is 6.07 Å². The minimum atomic E-state index is -0.901. The number of anilines is 1. The fraction of sp³-hybridized carbons (Fsp3) is 0.200. The van der Waals surface area contributed by atoms with Crippen molar-refractivity contribution in [1.82, 2.24) is 0 Å². The van der Waals surface area contributed by atoms with E-state index in [1.807, 2.05) is 0 Å².